The van der Waals surface area contributed by atoms with Crippen molar-refractivity contribution in [1.29, 1.82) is 0 Å². The standard InChI is InChI=1S/C26H31N7O/c1-27-23(20-9-11-21(12-10-20)26(34)31-22-8-4-5-13-29-22)24-25(28-2)30-14-16-33(24)18-19-7-6-15-32(3)17-19/h4-5,8-14,16,19H,1,6-7,15,17-18H2,2-3H3,(H,28,30)(H,29,31,34)/b24-23-. The molecule has 0 radical (unpaired) electrons. The third-order valence-corrected chi connectivity index (χ3v) is 6.10. The Hall–Kier alpha value is -3.78. The van der Waals surface area contributed by atoms with Gasteiger partial charge in [-0.05, 0) is 63.3 Å². The number of rotatable bonds is 6. The number of hydrogen-bond donors (Lipinski definition) is 2. The molecule has 2 N–H and O–H groups in total. The van der Waals surface area contributed by atoms with Crippen LogP contribution in [0.3, 0.4) is 0 Å². The third kappa shape index (κ3) is 5.40. The quantitative estimate of drug-likeness (QED) is 0.649. The fourth-order valence-electron chi connectivity index (χ4n) is 4.46. The second-order valence-corrected chi connectivity index (χ2v) is 8.56. The Balaban J connectivity index is 1.60. The average Bonchev–Trinajstić information content (AvgIpc) is 2.86. The number of amidine groups is 1. The number of aromatic nitrogens is 1. The van der Waals surface area contributed by atoms with Crippen LogP contribution in [0.2, 0.25) is 0 Å². The average molecular weight is 458 g/mol. The van der Waals surface area contributed by atoms with Crippen molar-refractivity contribution in [3.05, 3.63) is 77.9 Å². The van der Waals surface area contributed by atoms with Crippen LogP contribution < -0.4 is 10.6 Å². The highest BCUT2D eigenvalue weighted by atomic mass is 16.1. The molecule has 176 valence electrons. The zero-order chi connectivity index (χ0) is 23.9. The van der Waals surface area contributed by atoms with E-state index in [9.17, 15) is 4.79 Å². The molecule has 1 saturated heterocycles. The molecule has 3 heterocycles. The maximum Gasteiger partial charge on any atom is 0.256 e. The summed E-state index contributed by atoms with van der Waals surface area (Å²) in [7, 11) is 3.94. The number of benzene rings is 1. The first-order valence-corrected chi connectivity index (χ1v) is 11.5. The normalized spacial score (nSPS) is 21.2. The molecule has 2 aromatic rings. The van der Waals surface area contributed by atoms with Gasteiger partial charge in [-0.1, -0.05) is 18.2 Å². The molecule has 4 rings (SSSR count). The highest BCUT2D eigenvalue weighted by molar-refractivity contribution is 6.06. The molecule has 0 aliphatic carbocycles. The largest absolute Gasteiger partial charge is 0.344 e. The molecule has 1 unspecified atom stereocenters. The van der Waals surface area contributed by atoms with Gasteiger partial charge in [0.1, 0.15) is 11.5 Å². The number of piperidine rings is 1. The minimum atomic E-state index is -0.216. The van der Waals surface area contributed by atoms with Gasteiger partial charge in [0, 0.05) is 49.9 Å². The van der Waals surface area contributed by atoms with Crippen LogP contribution in [0.1, 0.15) is 28.8 Å². The van der Waals surface area contributed by atoms with Crippen molar-refractivity contribution in [2.24, 2.45) is 15.9 Å². The number of hydrogen-bond acceptors (Lipinski definition) is 6. The molecule has 2 aliphatic heterocycles. The van der Waals surface area contributed by atoms with E-state index in [-0.39, 0.29) is 5.91 Å². The number of pyridine rings is 1. The second-order valence-electron chi connectivity index (χ2n) is 8.56. The summed E-state index contributed by atoms with van der Waals surface area (Å²) in [6.45, 7) is 6.95. The summed E-state index contributed by atoms with van der Waals surface area (Å²) in [5.41, 5.74) is 3.01. The number of nitrogens with one attached hydrogen (secondary N) is 2. The minimum Gasteiger partial charge on any atom is -0.344 e. The van der Waals surface area contributed by atoms with Gasteiger partial charge < -0.3 is 20.4 Å². The highest BCUT2D eigenvalue weighted by Gasteiger charge is 2.26. The Morgan fingerprint density at radius 3 is 2.71 bits per heavy atom. The number of likely N-dealkylation sites (tertiary alicyclic amines) is 1. The fraction of sp³-hybridized carbons (Fsp3) is 0.308. The number of amides is 1. The Bertz CT molecular complexity index is 1110. The Morgan fingerprint density at radius 2 is 2.03 bits per heavy atom. The molecule has 2 aliphatic rings. The van der Waals surface area contributed by atoms with Crippen LogP contribution in [0, 0.1) is 5.92 Å². The van der Waals surface area contributed by atoms with E-state index in [0.29, 0.717) is 17.3 Å². The van der Waals surface area contributed by atoms with Gasteiger partial charge in [-0.25, -0.2) is 4.98 Å². The second kappa shape index (κ2) is 10.9. The predicted octanol–water partition coefficient (Wildman–Crippen LogP) is 3.45. The molecular weight excluding hydrogens is 426 g/mol. The van der Waals surface area contributed by atoms with Crippen LogP contribution >= 0.6 is 0 Å². The summed E-state index contributed by atoms with van der Waals surface area (Å²) in [6, 6.07) is 12.7. The molecule has 1 aromatic heterocycles. The SMILES string of the molecule is C=N/C(=C1/C(=NC)NC=CN1CC1CCCN(C)C1)c1ccc(C(=O)Nc2ccccn2)cc1. The van der Waals surface area contributed by atoms with Crippen molar-refractivity contribution >= 4 is 30.0 Å². The van der Waals surface area contributed by atoms with E-state index in [1.54, 1.807) is 37.5 Å². The van der Waals surface area contributed by atoms with E-state index >= 15 is 0 Å². The van der Waals surface area contributed by atoms with Crippen LogP contribution in [0.5, 0.6) is 0 Å². The monoisotopic (exact) mass is 457 g/mol. The van der Waals surface area contributed by atoms with Crippen LogP contribution in [0.15, 0.2) is 76.7 Å². The number of aliphatic imine (C=N–C) groups is 2. The van der Waals surface area contributed by atoms with Crippen molar-refractivity contribution < 1.29 is 4.79 Å². The maximum atomic E-state index is 12.6. The third-order valence-electron chi connectivity index (χ3n) is 6.10. The van der Waals surface area contributed by atoms with Crippen molar-refractivity contribution in [1.82, 2.24) is 20.1 Å². The summed E-state index contributed by atoms with van der Waals surface area (Å²) in [5, 5.41) is 6.05. The lowest BCUT2D eigenvalue weighted by Gasteiger charge is -2.36. The lowest BCUT2D eigenvalue weighted by molar-refractivity contribution is 0.102. The highest BCUT2D eigenvalue weighted by Crippen LogP contribution is 2.28. The zero-order valence-corrected chi connectivity index (χ0v) is 19.7. The summed E-state index contributed by atoms with van der Waals surface area (Å²) >= 11 is 0. The van der Waals surface area contributed by atoms with Gasteiger partial charge >= 0.3 is 0 Å². The van der Waals surface area contributed by atoms with Crippen molar-refractivity contribution in [2.45, 2.75) is 12.8 Å². The molecule has 8 nitrogen and oxygen atoms in total. The van der Waals surface area contributed by atoms with Gasteiger partial charge in [0.25, 0.3) is 5.91 Å². The van der Waals surface area contributed by atoms with Gasteiger partial charge in [0.15, 0.2) is 5.84 Å². The summed E-state index contributed by atoms with van der Waals surface area (Å²) in [6.07, 6.45) is 8.00. The Labute approximate surface area is 200 Å². The van der Waals surface area contributed by atoms with Crippen molar-refractivity contribution in [3.8, 4) is 0 Å². The van der Waals surface area contributed by atoms with Crippen molar-refractivity contribution in [3.63, 3.8) is 0 Å². The fourth-order valence-corrected chi connectivity index (χ4v) is 4.46. The number of nitrogens with zero attached hydrogens (tertiary/aromatic N) is 5. The van der Waals surface area contributed by atoms with E-state index in [0.717, 1.165) is 42.4 Å². The number of anilines is 1. The van der Waals surface area contributed by atoms with Gasteiger partial charge in [-0.2, -0.15) is 0 Å². The van der Waals surface area contributed by atoms with Gasteiger partial charge in [0.2, 0.25) is 0 Å². The Morgan fingerprint density at radius 1 is 1.24 bits per heavy atom. The topological polar surface area (TPSA) is 85.2 Å². The van der Waals surface area contributed by atoms with E-state index in [1.165, 1.54) is 12.8 Å². The van der Waals surface area contributed by atoms with Gasteiger partial charge in [-0.3, -0.25) is 14.8 Å². The van der Waals surface area contributed by atoms with Crippen LogP contribution in [-0.4, -0.2) is 67.0 Å². The number of carbonyl (C=O) groups is 1. The molecule has 0 bridgehead atoms. The van der Waals surface area contributed by atoms with Crippen LogP contribution in [0.4, 0.5) is 5.82 Å². The molecular formula is C26H31N7O. The lowest BCUT2D eigenvalue weighted by Crippen LogP contribution is -2.42. The van der Waals surface area contributed by atoms with Crippen LogP contribution in [-0.2, 0) is 0 Å². The van der Waals surface area contributed by atoms with Crippen molar-refractivity contribution in [2.75, 3.05) is 39.0 Å². The molecule has 34 heavy (non-hydrogen) atoms. The summed E-state index contributed by atoms with van der Waals surface area (Å²) in [5.74, 6) is 1.59. The van der Waals surface area contributed by atoms with Gasteiger partial charge in [-0.15, -0.1) is 0 Å². The first-order valence-electron chi connectivity index (χ1n) is 11.5. The van der Waals surface area contributed by atoms with E-state index in [1.807, 2.05) is 30.6 Å². The maximum absolute atomic E-state index is 12.6. The van der Waals surface area contributed by atoms with E-state index in [4.69, 9.17) is 0 Å². The van der Waals surface area contributed by atoms with Gasteiger partial charge in [0.05, 0.1) is 5.70 Å². The molecule has 8 heteroatoms. The van der Waals surface area contributed by atoms with E-state index in [2.05, 4.69) is 49.2 Å². The molecule has 1 atom stereocenters. The zero-order valence-electron chi connectivity index (χ0n) is 19.7. The van der Waals surface area contributed by atoms with E-state index < -0.39 is 0 Å². The summed E-state index contributed by atoms with van der Waals surface area (Å²) < 4.78 is 0. The summed E-state index contributed by atoms with van der Waals surface area (Å²) in [4.78, 5) is 30.2. The molecule has 1 aromatic carbocycles. The first-order chi connectivity index (χ1) is 16.6. The van der Waals surface area contributed by atoms with Crippen LogP contribution in [0.25, 0.3) is 5.70 Å². The number of carbonyl (C=O) groups excluding carboxylic acids is 1. The molecule has 1 fully saturated rings. The molecule has 1 amide bonds. The minimum absolute atomic E-state index is 0.216. The molecule has 0 spiro atoms. The lowest BCUT2D eigenvalue weighted by atomic mass is 9.97. The molecule has 0 saturated carbocycles. The first kappa shape index (κ1) is 23.4. The Kier molecular flexibility index (Phi) is 7.49. The predicted molar refractivity (Wildman–Crippen MR) is 138 cm³/mol. The smallest absolute Gasteiger partial charge is 0.256 e.